The van der Waals surface area contributed by atoms with Crippen LogP contribution in [-0.4, -0.2) is 25.6 Å². The van der Waals surface area contributed by atoms with Gasteiger partial charge in [-0.1, -0.05) is 46.8 Å². The van der Waals surface area contributed by atoms with Gasteiger partial charge in [-0.3, -0.25) is 14.5 Å². The van der Waals surface area contributed by atoms with Gasteiger partial charge >= 0.3 is 6.03 Å². The third-order valence-electron chi connectivity index (χ3n) is 3.99. The van der Waals surface area contributed by atoms with Gasteiger partial charge in [-0.25, -0.2) is 9.78 Å². The van der Waals surface area contributed by atoms with E-state index in [1.165, 1.54) is 33.6 Å². The van der Waals surface area contributed by atoms with Gasteiger partial charge in [0.2, 0.25) is 5.13 Å². The van der Waals surface area contributed by atoms with Crippen LogP contribution in [0.15, 0.2) is 57.8 Å². The van der Waals surface area contributed by atoms with Crippen LogP contribution in [0.25, 0.3) is 5.65 Å². The molecule has 0 aliphatic heterocycles. The predicted octanol–water partition coefficient (Wildman–Crippen LogP) is 4.44. The number of hydrogen-bond donors (Lipinski definition) is 2. The van der Waals surface area contributed by atoms with Crippen molar-refractivity contribution in [3.8, 4) is 0 Å². The zero-order chi connectivity index (χ0) is 21.1. The summed E-state index contributed by atoms with van der Waals surface area (Å²) in [5.74, 6) is 0.462. The highest BCUT2D eigenvalue weighted by molar-refractivity contribution is 8.00. The quantitative estimate of drug-likeness (QED) is 0.338. The molecule has 2 amide bonds. The van der Waals surface area contributed by atoms with E-state index in [2.05, 4.69) is 25.8 Å². The maximum absolute atomic E-state index is 12.3. The van der Waals surface area contributed by atoms with E-state index in [0.717, 1.165) is 5.56 Å². The largest absolute Gasteiger partial charge is 0.325 e. The first kappa shape index (κ1) is 20.3. The van der Waals surface area contributed by atoms with E-state index in [9.17, 15) is 9.59 Å². The normalized spacial score (nSPS) is 10.9. The fraction of sp³-hybridized carbons (Fsp3) is 0.105. The van der Waals surface area contributed by atoms with E-state index in [0.29, 0.717) is 37.3 Å². The smallest absolute Gasteiger partial charge is 0.308 e. The number of nitrogens with one attached hydrogen (secondary N) is 2. The first-order valence-corrected chi connectivity index (χ1v) is 10.9. The lowest BCUT2D eigenvalue weighted by molar-refractivity contribution is 0.262. The van der Waals surface area contributed by atoms with Crippen molar-refractivity contribution in [2.45, 2.75) is 17.0 Å². The Morgan fingerprint density at radius 2 is 2.07 bits per heavy atom. The van der Waals surface area contributed by atoms with Crippen LogP contribution in [0.1, 0.15) is 11.3 Å². The van der Waals surface area contributed by atoms with E-state index in [-0.39, 0.29) is 5.56 Å². The lowest BCUT2D eigenvalue weighted by Crippen LogP contribution is -2.19. The minimum atomic E-state index is -0.440. The van der Waals surface area contributed by atoms with Gasteiger partial charge in [0.05, 0.1) is 5.69 Å². The van der Waals surface area contributed by atoms with Crippen molar-refractivity contribution in [1.29, 1.82) is 0 Å². The SMILES string of the molecule is Cc1cccn2c(=O)cc(CSc3nnc(NC(=O)Nc4cccc(Cl)c4)s3)nc12. The van der Waals surface area contributed by atoms with E-state index < -0.39 is 6.03 Å². The summed E-state index contributed by atoms with van der Waals surface area (Å²) >= 11 is 8.54. The standard InChI is InChI=1S/C19H15ClN6O2S2/c1-11-4-3-7-26-15(27)9-14(21-16(11)26)10-29-19-25-24-18(30-19)23-17(28)22-13-6-2-5-12(20)8-13/h2-9H,10H2,1H3,(H2,22,23,24,28). The third kappa shape index (κ3) is 4.78. The van der Waals surface area contributed by atoms with Gasteiger partial charge in [0, 0.05) is 28.7 Å². The highest BCUT2D eigenvalue weighted by Crippen LogP contribution is 2.28. The highest BCUT2D eigenvalue weighted by Gasteiger charge is 2.11. The third-order valence-corrected chi connectivity index (χ3v) is 6.23. The van der Waals surface area contributed by atoms with Crippen LogP contribution < -0.4 is 16.2 Å². The van der Waals surface area contributed by atoms with Crippen LogP contribution in [-0.2, 0) is 5.75 Å². The molecule has 152 valence electrons. The summed E-state index contributed by atoms with van der Waals surface area (Å²) in [5.41, 5.74) is 2.66. The summed E-state index contributed by atoms with van der Waals surface area (Å²) in [7, 11) is 0. The number of rotatable bonds is 5. The highest BCUT2D eigenvalue weighted by atomic mass is 35.5. The molecule has 0 fully saturated rings. The molecule has 30 heavy (non-hydrogen) atoms. The molecule has 0 aliphatic carbocycles. The molecule has 2 N–H and O–H groups in total. The average Bonchev–Trinajstić information content (AvgIpc) is 3.14. The minimum absolute atomic E-state index is 0.128. The number of fused-ring (bicyclic) bond motifs is 1. The first-order chi connectivity index (χ1) is 14.5. The van der Waals surface area contributed by atoms with Crippen molar-refractivity contribution >= 4 is 57.2 Å². The van der Waals surface area contributed by atoms with E-state index in [1.54, 1.807) is 30.5 Å². The Morgan fingerprint density at radius 1 is 1.20 bits per heavy atom. The number of aryl methyl sites for hydroxylation is 1. The Kier molecular flexibility index (Phi) is 5.98. The number of benzene rings is 1. The van der Waals surface area contributed by atoms with Gasteiger partial charge in [0.1, 0.15) is 5.65 Å². The Morgan fingerprint density at radius 3 is 2.90 bits per heavy atom. The molecule has 11 heteroatoms. The number of anilines is 2. The number of aromatic nitrogens is 4. The van der Waals surface area contributed by atoms with Crippen molar-refractivity contribution in [3.63, 3.8) is 0 Å². The second-order valence-electron chi connectivity index (χ2n) is 6.22. The van der Waals surface area contributed by atoms with Crippen LogP contribution in [0.4, 0.5) is 15.6 Å². The topological polar surface area (TPSA) is 101 Å². The van der Waals surface area contributed by atoms with Crippen molar-refractivity contribution in [2.24, 2.45) is 0 Å². The van der Waals surface area contributed by atoms with Crippen molar-refractivity contribution in [2.75, 3.05) is 10.6 Å². The number of nitrogens with zero attached hydrogens (tertiary/aromatic N) is 4. The molecule has 0 bridgehead atoms. The number of carbonyl (C=O) groups is 1. The molecule has 4 aromatic rings. The molecule has 8 nitrogen and oxygen atoms in total. The first-order valence-electron chi connectivity index (χ1n) is 8.76. The lowest BCUT2D eigenvalue weighted by Gasteiger charge is -2.05. The molecule has 0 spiro atoms. The summed E-state index contributed by atoms with van der Waals surface area (Å²) in [6, 6.07) is 11.6. The van der Waals surface area contributed by atoms with Crippen molar-refractivity contribution < 1.29 is 4.79 Å². The Bertz CT molecular complexity index is 1290. The number of halogens is 1. The minimum Gasteiger partial charge on any atom is -0.308 e. The Balaban J connectivity index is 1.39. The monoisotopic (exact) mass is 458 g/mol. The van der Waals surface area contributed by atoms with Crippen LogP contribution in [0.3, 0.4) is 0 Å². The maximum atomic E-state index is 12.3. The summed E-state index contributed by atoms with van der Waals surface area (Å²) in [6.45, 7) is 1.91. The van der Waals surface area contributed by atoms with Gasteiger partial charge in [-0.05, 0) is 36.8 Å². The van der Waals surface area contributed by atoms with Gasteiger partial charge in [0.25, 0.3) is 5.56 Å². The number of amides is 2. The fourth-order valence-electron chi connectivity index (χ4n) is 2.66. The Hall–Kier alpha value is -2.95. The maximum Gasteiger partial charge on any atom is 0.325 e. The van der Waals surface area contributed by atoms with E-state index in [1.807, 2.05) is 19.1 Å². The lowest BCUT2D eigenvalue weighted by atomic mass is 10.3. The molecular weight excluding hydrogens is 444 g/mol. The second kappa shape index (κ2) is 8.82. The molecule has 0 saturated heterocycles. The molecular formula is C19H15ClN6O2S2. The van der Waals surface area contributed by atoms with E-state index in [4.69, 9.17) is 11.6 Å². The average molecular weight is 459 g/mol. The van der Waals surface area contributed by atoms with Gasteiger partial charge in [-0.2, -0.15) is 0 Å². The van der Waals surface area contributed by atoms with Gasteiger partial charge < -0.3 is 5.32 Å². The van der Waals surface area contributed by atoms with Gasteiger partial charge in [-0.15, -0.1) is 10.2 Å². The van der Waals surface area contributed by atoms with Crippen LogP contribution in [0, 0.1) is 6.92 Å². The Labute approximate surface area is 184 Å². The van der Waals surface area contributed by atoms with Crippen LogP contribution in [0.5, 0.6) is 0 Å². The number of thioether (sulfide) groups is 1. The summed E-state index contributed by atoms with van der Waals surface area (Å²) in [5, 5.41) is 14.2. The zero-order valence-corrected chi connectivity index (χ0v) is 18.0. The molecule has 0 aliphatic rings. The van der Waals surface area contributed by atoms with Crippen molar-refractivity contribution in [3.05, 3.63) is 75.3 Å². The molecule has 0 radical (unpaired) electrons. The van der Waals surface area contributed by atoms with Crippen molar-refractivity contribution in [1.82, 2.24) is 19.6 Å². The predicted molar refractivity (Wildman–Crippen MR) is 120 cm³/mol. The number of hydrogen-bond acceptors (Lipinski definition) is 7. The number of carbonyl (C=O) groups excluding carboxylic acids is 1. The van der Waals surface area contributed by atoms with Gasteiger partial charge in [0.15, 0.2) is 4.34 Å². The molecule has 3 heterocycles. The van der Waals surface area contributed by atoms with E-state index >= 15 is 0 Å². The molecule has 0 saturated carbocycles. The molecule has 0 unspecified atom stereocenters. The van der Waals surface area contributed by atoms with Crippen LogP contribution >= 0.6 is 34.7 Å². The molecule has 3 aromatic heterocycles. The molecule has 1 aromatic carbocycles. The zero-order valence-electron chi connectivity index (χ0n) is 15.6. The summed E-state index contributed by atoms with van der Waals surface area (Å²) < 4.78 is 2.18. The summed E-state index contributed by atoms with van der Waals surface area (Å²) in [6.07, 6.45) is 1.70. The summed E-state index contributed by atoms with van der Waals surface area (Å²) in [4.78, 5) is 28.9. The van der Waals surface area contributed by atoms with Crippen LogP contribution in [0.2, 0.25) is 5.02 Å². The molecule has 0 atom stereocenters. The fourth-order valence-corrected chi connectivity index (χ4v) is 4.49. The number of pyridine rings is 1. The number of urea groups is 1. The molecule has 4 rings (SSSR count). The second-order valence-corrected chi connectivity index (χ2v) is 8.86.